The van der Waals surface area contributed by atoms with Gasteiger partial charge in [-0.15, -0.1) is 0 Å². The van der Waals surface area contributed by atoms with E-state index in [4.69, 9.17) is 4.98 Å². The summed E-state index contributed by atoms with van der Waals surface area (Å²) in [5, 5.41) is 7.97. The van der Waals surface area contributed by atoms with E-state index in [0.717, 1.165) is 73.3 Å². The van der Waals surface area contributed by atoms with Crippen molar-refractivity contribution in [3.8, 4) is 0 Å². The van der Waals surface area contributed by atoms with Crippen molar-refractivity contribution >= 4 is 22.5 Å². The molecule has 0 radical (unpaired) electrons. The second-order valence-corrected chi connectivity index (χ2v) is 8.14. The number of para-hydroxylation sites is 1. The highest BCUT2D eigenvalue weighted by Gasteiger charge is 2.17. The number of aromatic nitrogens is 2. The van der Waals surface area contributed by atoms with Crippen molar-refractivity contribution in [2.75, 3.05) is 18.4 Å². The van der Waals surface area contributed by atoms with Crippen LogP contribution in [0, 0.1) is 0 Å². The van der Waals surface area contributed by atoms with E-state index in [-0.39, 0.29) is 11.7 Å². The Hall–Kier alpha value is -2.79. The fourth-order valence-corrected chi connectivity index (χ4v) is 4.17. The van der Waals surface area contributed by atoms with Gasteiger partial charge >= 0.3 is 0 Å². The third-order valence-electron chi connectivity index (χ3n) is 5.86. The molecule has 2 aromatic heterocycles. The van der Waals surface area contributed by atoms with E-state index in [2.05, 4.69) is 39.9 Å². The summed E-state index contributed by atoms with van der Waals surface area (Å²) in [5.41, 5.74) is 4.40. The van der Waals surface area contributed by atoms with E-state index >= 15 is 0 Å². The van der Waals surface area contributed by atoms with Crippen molar-refractivity contribution in [1.29, 1.82) is 0 Å². The number of carbonyl (C=O) groups excluding carboxylic acids is 1. The van der Waals surface area contributed by atoms with Crippen molar-refractivity contribution in [3.05, 3.63) is 65.5 Å². The summed E-state index contributed by atoms with van der Waals surface area (Å²) >= 11 is 0. The second kappa shape index (κ2) is 9.81. The van der Waals surface area contributed by atoms with E-state index in [0.29, 0.717) is 0 Å². The predicted octanol–water partition coefficient (Wildman–Crippen LogP) is 4.62. The number of hydrogen-bond acceptors (Lipinski definition) is 5. The summed E-state index contributed by atoms with van der Waals surface area (Å²) in [6, 6.07) is 14.5. The molecule has 0 aliphatic carbocycles. The molecule has 1 aliphatic heterocycles. The molecule has 0 amide bonds. The first-order valence-electron chi connectivity index (χ1n) is 11.0. The number of nitrogens with one attached hydrogen (secondary N) is 2. The fraction of sp³-hybridized carbons (Fsp3) is 0.400. The van der Waals surface area contributed by atoms with E-state index < -0.39 is 0 Å². The highest BCUT2D eigenvalue weighted by Crippen LogP contribution is 2.25. The zero-order valence-corrected chi connectivity index (χ0v) is 17.7. The molecule has 3 aromatic rings. The zero-order valence-electron chi connectivity index (χ0n) is 17.7. The Balaban J connectivity index is 1.24. The fourth-order valence-electron chi connectivity index (χ4n) is 4.17. The Morgan fingerprint density at radius 2 is 2.10 bits per heavy atom. The number of rotatable bonds is 9. The van der Waals surface area contributed by atoms with Gasteiger partial charge in [-0.25, -0.2) is 4.98 Å². The molecule has 0 saturated carbocycles. The number of fused-ring (bicyclic) bond motifs is 2. The minimum Gasteiger partial charge on any atom is -0.370 e. The molecule has 156 valence electrons. The number of hydrogen-bond donors (Lipinski definition) is 2. The molecule has 30 heavy (non-hydrogen) atoms. The van der Waals surface area contributed by atoms with Crippen molar-refractivity contribution < 1.29 is 4.79 Å². The van der Waals surface area contributed by atoms with Crippen LogP contribution in [-0.4, -0.2) is 28.8 Å². The molecule has 1 unspecified atom stereocenters. The lowest BCUT2D eigenvalue weighted by molar-refractivity contribution is -0.118. The maximum atomic E-state index is 12.2. The summed E-state index contributed by atoms with van der Waals surface area (Å²) < 4.78 is 0. The van der Waals surface area contributed by atoms with Crippen LogP contribution in [-0.2, 0) is 17.8 Å². The number of carbonyl (C=O) groups is 1. The third-order valence-corrected chi connectivity index (χ3v) is 5.86. The number of ketones is 1. The van der Waals surface area contributed by atoms with Crippen LogP contribution < -0.4 is 10.6 Å². The van der Waals surface area contributed by atoms with Gasteiger partial charge in [0.05, 0.1) is 11.2 Å². The second-order valence-electron chi connectivity index (χ2n) is 8.14. The van der Waals surface area contributed by atoms with Gasteiger partial charge in [-0.3, -0.25) is 9.78 Å². The highest BCUT2D eigenvalue weighted by atomic mass is 16.1. The molecule has 3 heterocycles. The molecular formula is C25H30N4O. The molecule has 0 saturated heterocycles. The van der Waals surface area contributed by atoms with Crippen LogP contribution in [0.5, 0.6) is 0 Å². The van der Waals surface area contributed by atoms with Gasteiger partial charge in [-0.05, 0) is 68.5 Å². The van der Waals surface area contributed by atoms with Gasteiger partial charge < -0.3 is 10.6 Å². The van der Waals surface area contributed by atoms with Crippen LogP contribution >= 0.6 is 0 Å². The zero-order chi connectivity index (χ0) is 20.8. The van der Waals surface area contributed by atoms with Gasteiger partial charge in [0.2, 0.25) is 0 Å². The van der Waals surface area contributed by atoms with Gasteiger partial charge in [0, 0.05) is 30.6 Å². The van der Waals surface area contributed by atoms with E-state index in [1.165, 1.54) is 12.0 Å². The van der Waals surface area contributed by atoms with Crippen LogP contribution in [0.15, 0.2) is 48.7 Å². The molecule has 2 N–H and O–H groups in total. The average Bonchev–Trinajstić information content (AvgIpc) is 2.78. The minimum atomic E-state index is -0.0736. The molecule has 0 fully saturated rings. The lowest BCUT2D eigenvalue weighted by atomic mass is 9.90. The van der Waals surface area contributed by atoms with Gasteiger partial charge in [0.15, 0.2) is 0 Å². The number of Topliss-reactive ketones (excluding diaryl/α,β-unsaturated/α-hetero) is 1. The summed E-state index contributed by atoms with van der Waals surface area (Å²) in [7, 11) is 0. The largest absolute Gasteiger partial charge is 0.370 e. The summed E-state index contributed by atoms with van der Waals surface area (Å²) in [6.07, 6.45) is 7.06. The van der Waals surface area contributed by atoms with E-state index in [1.54, 1.807) is 6.92 Å². The first-order chi connectivity index (χ1) is 14.7. The maximum absolute atomic E-state index is 12.2. The van der Waals surface area contributed by atoms with Crippen molar-refractivity contribution in [3.63, 3.8) is 0 Å². The molecule has 0 spiro atoms. The monoisotopic (exact) mass is 402 g/mol. The molecule has 4 rings (SSSR count). The van der Waals surface area contributed by atoms with Crippen molar-refractivity contribution in [2.45, 2.75) is 51.5 Å². The number of aryl methyl sites for hydroxylation is 1. The van der Waals surface area contributed by atoms with Crippen molar-refractivity contribution in [2.24, 2.45) is 0 Å². The molecule has 5 heteroatoms. The summed E-state index contributed by atoms with van der Waals surface area (Å²) in [6.45, 7) is 4.40. The summed E-state index contributed by atoms with van der Waals surface area (Å²) in [4.78, 5) is 21.5. The number of pyridine rings is 2. The van der Waals surface area contributed by atoms with E-state index in [9.17, 15) is 4.79 Å². The van der Waals surface area contributed by atoms with Crippen molar-refractivity contribution in [1.82, 2.24) is 15.3 Å². The quantitative estimate of drug-likeness (QED) is 0.511. The first kappa shape index (κ1) is 20.5. The molecule has 0 bridgehead atoms. The van der Waals surface area contributed by atoms with Gasteiger partial charge in [-0.1, -0.05) is 30.7 Å². The lowest BCUT2D eigenvalue weighted by Gasteiger charge is -2.17. The minimum absolute atomic E-state index is 0.0736. The molecule has 1 aromatic carbocycles. The molecule has 5 nitrogen and oxygen atoms in total. The Labute approximate surface area is 178 Å². The van der Waals surface area contributed by atoms with Gasteiger partial charge in [0.25, 0.3) is 0 Å². The third kappa shape index (κ3) is 5.03. The van der Waals surface area contributed by atoms with Crippen LogP contribution in [0.25, 0.3) is 10.9 Å². The van der Waals surface area contributed by atoms with Crippen LogP contribution in [0.2, 0.25) is 0 Å². The normalized spacial score (nSPS) is 14.2. The smallest absolute Gasteiger partial charge is 0.137 e. The topological polar surface area (TPSA) is 66.9 Å². The lowest BCUT2D eigenvalue weighted by Crippen LogP contribution is -2.18. The standard InChI is InChI=1S/C25H30N4O/c1-18(30)23(21-15-20-7-2-3-10-24(20)28-16-21)9-4-5-13-26-17-22-12-11-19-8-6-14-27-25(19)29-22/h2-3,7,10-12,15-16,23,26H,4-6,8-9,13-14,17H2,1H3,(H,27,29). The molecule has 1 atom stereocenters. The molecular weight excluding hydrogens is 372 g/mol. The Morgan fingerprint density at radius 1 is 1.20 bits per heavy atom. The highest BCUT2D eigenvalue weighted by molar-refractivity contribution is 5.85. The number of anilines is 1. The van der Waals surface area contributed by atoms with E-state index in [1.807, 2.05) is 24.4 Å². The maximum Gasteiger partial charge on any atom is 0.137 e. The first-order valence-corrected chi connectivity index (χ1v) is 11.0. The number of unbranched alkanes of at least 4 members (excludes halogenated alkanes) is 1. The summed E-state index contributed by atoms with van der Waals surface area (Å²) in [5.74, 6) is 1.19. The number of nitrogens with zero attached hydrogens (tertiary/aromatic N) is 2. The van der Waals surface area contributed by atoms with Crippen LogP contribution in [0.4, 0.5) is 5.82 Å². The average molecular weight is 403 g/mol. The predicted molar refractivity (Wildman–Crippen MR) is 122 cm³/mol. The Morgan fingerprint density at radius 3 is 3.00 bits per heavy atom. The van der Waals surface area contributed by atoms with Crippen LogP contribution in [0.3, 0.4) is 0 Å². The Bertz CT molecular complexity index is 1020. The Kier molecular flexibility index (Phi) is 6.70. The van der Waals surface area contributed by atoms with Gasteiger partial charge in [0.1, 0.15) is 11.6 Å². The molecule has 1 aliphatic rings. The number of benzene rings is 1. The van der Waals surface area contributed by atoms with Gasteiger partial charge in [-0.2, -0.15) is 0 Å². The SMILES string of the molecule is CC(=O)C(CCCCNCc1ccc2c(n1)NCCC2)c1cnc2ccccc2c1. The van der Waals surface area contributed by atoms with Crippen LogP contribution in [0.1, 0.15) is 55.3 Å².